The van der Waals surface area contributed by atoms with Crippen LogP contribution in [0.2, 0.25) is 0 Å². The summed E-state index contributed by atoms with van der Waals surface area (Å²) in [7, 11) is 0. The van der Waals surface area contributed by atoms with E-state index in [2.05, 4.69) is 193 Å². The molecule has 0 saturated heterocycles. The molecule has 0 aliphatic carbocycles. The van der Waals surface area contributed by atoms with Crippen LogP contribution in [0.15, 0.2) is 188 Å². The van der Waals surface area contributed by atoms with E-state index in [9.17, 15) is 0 Å². The Labute approximate surface area is 311 Å². The fraction of sp³-hybridized carbons (Fsp3) is 0.0196. The lowest BCUT2D eigenvalue weighted by Crippen LogP contribution is -1.95. The molecule has 0 aliphatic rings. The third-order valence-electron chi connectivity index (χ3n) is 11.0. The largest absolute Gasteiger partial charge is 0.309 e. The topological polar surface area (TPSA) is 4.93 Å². The quantitative estimate of drug-likeness (QED) is 0.158. The molecule has 0 N–H and O–H groups in total. The zero-order valence-corrected chi connectivity index (χ0v) is 29.8. The van der Waals surface area contributed by atoms with Crippen LogP contribution in [0.25, 0.3) is 91.5 Å². The highest BCUT2D eigenvalue weighted by Gasteiger charge is 2.18. The highest BCUT2D eigenvalue weighted by molar-refractivity contribution is 7.25. The van der Waals surface area contributed by atoms with Crippen LogP contribution < -0.4 is 0 Å². The van der Waals surface area contributed by atoms with Crippen LogP contribution in [-0.4, -0.2) is 4.57 Å². The van der Waals surface area contributed by atoms with Gasteiger partial charge in [0, 0.05) is 42.2 Å². The summed E-state index contributed by atoms with van der Waals surface area (Å²) in [6.07, 6.45) is 0.921. The van der Waals surface area contributed by atoms with Crippen molar-refractivity contribution in [3.63, 3.8) is 0 Å². The first-order valence-corrected chi connectivity index (χ1v) is 19.1. The predicted octanol–water partition coefficient (Wildman–Crippen LogP) is 14.4. The number of para-hydroxylation sites is 2. The minimum Gasteiger partial charge on any atom is -0.309 e. The van der Waals surface area contributed by atoms with Crippen LogP contribution in [0.5, 0.6) is 0 Å². The Hall–Kier alpha value is -6.48. The molecule has 11 aromatic rings. The normalized spacial score (nSPS) is 11.8. The van der Waals surface area contributed by atoms with Crippen LogP contribution in [-0.2, 0) is 6.42 Å². The lowest BCUT2D eigenvalue weighted by molar-refractivity contribution is 1.18. The van der Waals surface area contributed by atoms with Gasteiger partial charge in [-0.1, -0.05) is 146 Å². The predicted molar refractivity (Wildman–Crippen MR) is 229 cm³/mol. The number of hydrogen-bond donors (Lipinski definition) is 0. The lowest BCUT2D eigenvalue weighted by atomic mass is 9.92. The van der Waals surface area contributed by atoms with Gasteiger partial charge in [-0.3, -0.25) is 0 Å². The van der Waals surface area contributed by atoms with Gasteiger partial charge in [0.25, 0.3) is 0 Å². The zero-order valence-electron chi connectivity index (χ0n) is 29.0. The molecule has 0 atom stereocenters. The van der Waals surface area contributed by atoms with Gasteiger partial charge in [0.1, 0.15) is 0 Å². The highest BCUT2D eigenvalue weighted by atomic mass is 32.1. The van der Waals surface area contributed by atoms with Gasteiger partial charge in [-0.25, -0.2) is 0 Å². The molecule has 248 valence electrons. The van der Waals surface area contributed by atoms with E-state index in [1.165, 1.54) is 96.9 Å². The number of rotatable bonds is 5. The molecule has 9 aromatic carbocycles. The van der Waals surface area contributed by atoms with Crippen molar-refractivity contribution in [1.29, 1.82) is 0 Å². The average molecular weight is 692 g/mol. The summed E-state index contributed by atoms with van der Waals surface area (Å²) in [5.74, 6) is 0. The third-order valence-corrected chi connectivity index (χ3v) is 12.2. The maximum absolute atomic E-state index is 2.46. The maximum atomic E-state index is 2.46. The van der Waals surface area contributed by atoms with Gasteiger partial charge in [0.05, 0.1) is 11.0 Å². The Balaban J connectivity index is 1.04. The standard InChI is InChI=1S/C51H33NS/c1-2-11-33(12-3-1)29-38-30-36-22-21-35(31-46(36)42-14-5-4-13-40(38)42)34-23-26-39(27-24-34)52-48-19-8-6-15-43(48)45-18-10-17-41(51(45)52)37-25-28-50-47(32-37)44-16-7-9-20-49(44)53-50/h1-28,30-32H,29H2. The van der Waals surface area contributed by atoms with Gasteiger partial charge in [-0.2, -0.15) is 0 Å². The van der Waals surface area contributed by atoms with Crippen molar-refractivity contribution in [3.05, 3.63) is 199 Å². The van der Waals surface area contributed by atoms with Gasteiger partial charge in [0.2, 0.25) is 0 Å². The Morgan fingerprint density at radius 3 is 1.92 bits per heavy atom. The Bertz CT molecular complexity index is 3180. The monoisotopic (exact) mass is 691 g/mol. The van der Waals surface area contributed by atoms with E-state index in [0.29, 0.717) is 0 Å². The Kier molecular flexibility index (Phi) is 6.86. The zero-order chi connectivity index (χ0) is 34.9. The van der Waals surface area contributed by atoms with Gasteiger partial charge >= 0.3 is 0 Å². The molecular formula is C51H33NS. The second kappa shape index (κ2) is 12.1. The number of aromatic nitrogens is 1. The van der Waals surface area contributed by atoms with Crippen LogP contribution in [0.1, 0.15) is 11.1 Å². The lowest BCUT2D eigenvalue weighted by Gasteiger charge is -2.14. The van der Waals surface area contributed by atoms with Crippen molar-refractivity contribution in [2.24, 2.45) is 0 Å². The van der Waals surface area contributed by atoms with Crippen LogP contribution in [0.4, 0.5) is 0 Å². The molecule has 1 nitrogen and oxygen atoms in total. The molecule has 53 heavy (non-hydrogen) atoms. The molecule has 0 radical (unpaired) electrons. The van der Waals surface area contributed by atoms with Crippen LogP contribution in [0.3, 0.4) is 0 Å². The van der Waals surface area contributed by atoms with Gasteiger partial charge in [-0.15, -0.1) is 11.3 Å². The van der Waals surface area contributed by atoms with E-state index < -0.39 is 0 Å². The number of nitrogens with zero attached hydrogens (tertiary/aromatic N) is 1. The van der Waals surface area contributed by atoms with E-state index in [1.54, 1.807) is 0 Å². The number of fused-ring (bicyclic) bond motifs is 9. The number of benzene rings is 9. The minimum absolute atomic E-state index is 0.921. The highest BCUT2D eigenvalue weighted by Crippen LogP contribution is 2.42. The SMILES string of the molecule is c1ccc(Cc2cc3ccc(-c4ccc(-n5c6ccccc6c6cccc(-c7ccc8sc9ccccc9c8c7)c65)cc4)cc3c3ccccc23)cc1. The van der Waals surface area contributed by atoms with Crippen molar-refractivity contribution in [1.82, 2.24) is 4.57 Å². The Morgan fingerprint density at radius 1 is 0.396 bits per heavy atom. The summed E-state index contributed by atoms with van der Waals surface area (Å²) in [5.41, 5.74) is 11.2. The Morgan fingerprint density at radius 2 is 1.06 bits per heavy atom. The summed E-state index contributed by atoms with van der Waals surface area (Å²) >= 11 is 1.87. The fourth-order valence-electron chi connectivity index (χ4n) is 8.54. The van der Waals surface area contributed by atoms with Gasteiger partial charge in [0.15, 0.2) is 0 Å². The molecule has 0 aliphatic heterocycles. The summed E-state index contributed by atoms with van der Waals surface area (Å²) in [5, 5.41) is 10.4. The number of thiophene rings is 1. The van der Waals surface area contributed by atoms with Crippen LogP contribution >= 0.6 is 11.3 Å². The maximum Gasteiger partial charge on any atom is 0.0619 e. The molecule has 11 rings (SSSR count). The molecule has 2 heterocycles. The summed E-state index contributed by atoms with van der Waals surface area (Å²) in [6, 6.07) is 69.5. The summed E-state index contributed by atoms with van der Waals surface area (Å²) in [4.78, 5) is 0. The summed E-state index contributed by atoms with van der Waals surface area (Å²) < 4.78 is 5.12. The second-order valence-electron chi connectivity index (χ2n) is 14.1. The summed E-state index contributed by atoms with van der Waals surface area (Å²) in [6.45, 7) is 0. The first-order chi connectivity index (χ1) is 26.3. The van der Waals surface area contributed by atoms with Crippen molar-refractivity contribution in [2.45, 2.75) is 6.42 Å². The molecule has 0 unspecified atom stereocenters. The van der Waals surface area contributed by atoms with E-state index >= 15 is 0 Å². The molecule has 0 spiro atoms. The van der Waals surface area contributed by atoms with Gasteiger partial charge in [-0.05, 0) is 98.2 Å². The third kappa shape index (κ3) is 4.91. The van der Waals surface area contributed by atoms with Gasteiger partial charge < -0.3 is 4.57 Å². The van der Waals surface area contributed by atoms with Crippen molar-refractivity contribution in [3.8, 4) is 27.9 Å². The molecule has 0 fully saturated rings. The van der Waals surface area contributed by atoms with Crippen molar-refractivity contribution in [2.75, 3.05) is 0 Å². The fourth-order valence-corrected chi connectivity index (χ4v) is 9.62. The van der Waals surface area contributed by atoms with E-state index in [1.807, 2.05) is 11.3 Å². The number of hydrogen-bond acceptors (Lipinski definition) is 1. The van der Waals surface area contributed by atoms with E-state index in [4.69, 9.17) is 0 Å². The molecule has 2 aromatic heterocycles. The van der Waals surface area contributed by atoms with Crippen molar-refractivity contribution < 1.29 is 0 Å². The average Bonchev–Trinajstić information content (AvgIpc) is 3.77. The minimum atomic E-state index is 0.921. The van der Waals surface area contributed by atoms with E-state index in [-0.39, 0.29) is 0 Å². The molecular weight excluding hydrogens is 659 g/mol. The first kappa shape index (κ1) is 30.2. The molecule has 0 saturated carbocycles. The molecule has 0 amide bonds. The van der Waals surface area contributed by atoms with E-state index in [0.717, 1.165) is 12.1 Å². The molecule has 0 bridgehead atoms. The van der Waals surface area contributed by atoms with Crippen molar-refractivity contribution >= 4 is 74.9 Å². The second-order valence-corrected chi connectivity index (χ2v) is 15.2. The first-order valence-electron chi connectivity index (χ1n) is 18.3. The van der Waals surface area contributed by atoms with Crippen LogP contribution in [0, 0.1) is 0 Å². The smallest absolute Gasteiger partial charge is 0.0619 e. The molecule has 2 heteroatoms.